The number of fused-ring (bicyclic) bond motifs is 1. The number of carbonyl (C=O) groups is 1. The number of anilines is 1. The minimum absolute atomic E-state index is 0.117. The summed E-state index contributed by atoms with van der Waals surface area (Å²) in [5, 5.41) is 11.8. The van der Waals surface area contributed by atoms with E-state index >= 15 is 0 Å². The lowest BCUT2D eigenvalue weighted by atomic mass is 10.2. The molecule has 1 N–H and O–H groups in total. The Labute approximate surface area is 176 Å². The predicted octanol–water partition coefficient (Wildman–Crippen LogP) is 2.54. The molecule has 0 fully saturated rings. The van der Waals surface area contributed by atoms with Gasteiger partial charge < -0.3 is 5.32 Å². The maximum atomic E-state index is 12.4. The van der Waals surface area contributed by atoms with Crippen molar-refractivity contribution in [1.82, 2.24) is 23.9 Å². The number of nitrogens with one attached hydrogen (secondary N) is 1. The van der Waals surface area contributed by atoms with E-state index in [-0.39, 0.29) is 24.1 Å². The van der Waals surface area contributed by atoms with Crippen LogP contribution in [0.5, 0.6) is 0 Å². The molecule has 0 atom stereocenters. The van der Waals surface area contributed by atoms with Crippen molar-refractivity contribution in [3.05, 3.63) is 41.7 Å². The van der Waals surface area contributed by atoms with E-state index in [0.29, 0.717) is 17.8 Å². The number of hydrogen-bond donors (Lipinski definition) is 1. The van der Waals surface area contributed by atoms with Crippen molar-refractivity contribution < 1.29 is 13.2 Å². The maximum Gasteiger partial charge on any atom is 0.226 e. The summed E-state index contributed by atoms with van der Waals surface area (Å²) < 4.78 is 29.1. The van der Waals surface area contributed by atoms with Gasteiger partial charge in [0, 0.05) is 32.2 Å². The third kappa shape index (κ3) is 4.71. The molecule has 3 rings (SSSR count). The average molecular weight is 433 g/mol. The molecular weight excluding hydrogens is 404 g/mol. The molecule has 2 aromatic heterocycles. The molecule has 0 saturated carbocycles. The van der Waals surface area contributed by atoms with Crippen LogP contribution in [0.4, 0.5) is 5.69 Å². The molecule has 0 unspecified atom stereocenters. The van der Waals surface area contributed by atoms with Gasteiger partial charge in [0.25, 0.3) is 0 Å². The number of nitrogens with zero attached hydrogens (tertiary/aromatic N) is 5. The SMILES string of the molecule is Cc1nn(C(C)C)c2cnn(CCC(=O)Nc3cccc(CS(=O)(=O)N(C)C)c3)c12. The fraction of sp³-hybridized carbons (Fsp3) is 0.450. The zero-order chi connectivity index (χ0) is 22.1. The standard InChI is InChI=1S/C20H28N6O3S/c1-14(2)26-18-12-21-25(20(18)15(3)23-26)10-9-19(27)22-17-8-6-7-16(11-17)13-30(28,29)24(4)5/h6-8,11-12,14H,9-10,13H2,1-5H3,(H,22,27). The quantitative estimate of drug-likeness (QED) is 0.589. The number of benzene rings is 1. The summed E-state index contributed by atoms with van der Waals surface area (Å²) in [6.45, 7) is 6.49. The molecule has 1 aromatic carbocycles. The fourth-order valence-corrected chi connectivity index (χ4v) is 4.11. The van der Waals surface area contributed by atoms with E-state index in [1.807, 2.05) is 11.6 Å². The third-order valence-electron chi connectivity index (χ3n) is 4.82. The smallest absolute Gasteiger partial charge is 0.226 e. The molecule has 0 spiro atoms. The summed E-state index contributed by atoms with van der Waals surface area (Å²) in [7, 11) is -0.365. The van der Waals surface area contributed by atoms with Crippen molar-refractivity contribution in [2.45, 2.75) is 45.5 Å². The van der Waals surface area contributed by atoms with Crippen molar-refractivity contribution >= 4 is 32.7 Å². The zero-order valence-corrected chi connectivity index (χ0v) is 18.8. The van der Waals surface area contributed by atoms with Crippen LogP contribution in [0.3, 0.4) is 0 Å². The fourth-order valence-electron chi connectivity index (χ4n) is 3.25. The predicted molar refractivity (Wildman–Crippen MR) is 117 cm³/mol. The average Bonchev–Trinajstić information content (AvgIpc) is 3.21. The minimum Gasteiger partial charge on any atom is -0.326 e. The Balaban J connectivity index is 1.66. The Morgan fingerprint density at radius 1 is 1.27 bits per heavy atom. The molecule has 0 bridgehead atoms. The first-order chi connectivity index (χ1) is 14.1. The molecule has 9 nitrogen and oxygen atoms in total. The Morgan fingerprint density at radius 3 is 2.67 bits per heavy atom. The number of sulfonamides is 1. The molecule has 10 heteroatoms. The Bertz CT molecular complexity index is 1160. The lowest BCUT2D eigenvalue weighted by Gasteiger charge is -2.12. The van der Waals surface area contributed by atoms with Crippen LogP contribution in [0.1, 0.15) is 37.6 Å². The van der Waals surface area contributed by atoms with E-state index in [2.05, 4.69) is 29.4 Å². The summed E-state index contributed by atoms with van der Waals surface area (Å²) in [5.41, 5.74) is 3.96. The molecular formula is C20H28N6O3S. The van der Waals surface area contributed by atoms with E-state index in [1.54, 1.807) is 35.1 Å². The number of carbonyl (C=O) groups excluding carboxylic acids is 1. The molecule has 0 aliphatic heterocycles. The van der Waals surface area contributed by atoms with Crippen molar-refractivity contribution in [3.8, 4) is 0 Å². The Morgan fingerprint density at radius 2 is 2.00 bits per heavy atom. The van der Waals surface area contributed by atoms with Crippen molar-refractivity contribution in [2.24, 2.45) is 0 Å². The summed E-state index contributed by atoms with van der Waals surface area (Å²) in [4.78, 5) is 12.4. The van der Waals surface area contributed by atoms with Crippen LogP contribution >= 0.6 is 0 Å². The summed E-state index contributed by atoms with van der Waals surface area (Å²) >= 11 is 0. The van der Waals surface area contributed by atoms with Crippen LogP contribution in [0.25, 0.3) is 11.0 Å². The topological polar surface area (TPSA) is 102 Å². The van der Waals surface area contributed by atoms with Gasteiger partial charge in [0.1, 0.15) is 11.0 Å². The number of amides is 1. The normalized spacial score (nSPS) is 12.2. The van der Waals surface area contributed by atoms with Crippen molar-refractivity contribution in [2.75, 3.05) is 19.4 Å². The highest BCUT2D eigenvalue weighted by molar-refractivity contribution is 7.88. The Kier molecular flexibility index (Phi) is 6.27. The highest BCUT2D eigenvalue weighted by Crippen LogP contribution is 2.21. The van der Waals surface area contributed by atoms with Crippen molar-refractivity contribution in [1.29, 1.82) is 0 Å². The summed E-state index contributed by atoms with van der Waals surface area (Å²) in [5.74, 6) is -0.283. The van der Waals surface area contributed by atoms with Gasteiger partial charge in [0.05, 0.1) is 24.2 Å². The second kappa shape index (κ2) is 8.57. The van der Waals surface area contributed by atoms with Gasteiger partial charge in [-0.1, -0.05) is 12.1 Å². The van der Waals surface area contributed by atoms with E-state index in [9.17, 15) is 13.2 Å². The first-order valence-corrected chi connectivity index (χ1v) is 11.4. The van der Waals surface area contributed by atoms with Gasteiger partial charge in [-0.05, 0) is 38.5 Å². The van der Waals surface area contributed by atoms with Gasteiger partial charge in [0.2, 0.25) is 15.9 Å². The van der Waals surface area contributed by atoms with Crippen LogP contribution in [0, 0.1) is 6.92 Å². The lowest BCUT2D eigenvalue weighted by Crippen LogP contribution is -2.23. The monoisotopic (exact) mass is 432 g/mol. The number of hydrogen-bond acceptors (Lipinski definition) is 5. The van der Waals surface area contributed by atoms with Gasteiger partial charge in [-0.3, -0.25) is 14.2 Å². The van der Waals surface area contributed by atoms with Crippen LogP contribution in [0.15, 0.2) is 30.5 Å². The number of aryl methyl sites for hydroxylation is 2. The highest BCUT2D eigenvalue weighted by atomic mass is 32.2. The molecule has 30 heavy (non-hydrogen) atoms. The van der Waals surface area contributed by atoms with Crippen LogP contribution < -0.4 is 5.32 Å². The number of aromatic nitrogens is 4. The highest BCUT2D eigenvalue weighted by Gasteiger charge is 2.17. The van der Waals surface area contributed by atoms with Gasteiger partial charge in [0.15, 0.2) is 0 Å². The van der Waals surface area contributed by atoms with E-state index in [0.717, 1.165) is 16.7 Å². The first kappa shape index (κ1) is 22.0. The van der Waals surface area contributed by atoms with E-state index in [4.69, 9.17) is 0 Å². The van der Waals surface area contributed by atoms with Gasteiger partial charge in [-0.2, -0.15) is 10.2 Å². The summed E-state index contributed by atoms with van der Waals surface area (Å²) in [6, 6.07) is 7.11. The van der Waals surface area contributed by atoms with Crippen LogP contribution in [0.2, 0.25) is 0 Å². The second-order valence-corrected chi connectivity index (χ2v) is 9.95. The molecule has 0 saturated heterocycles. The minimum atomic E-state index is -3.36. The Hall–Kier alpha value is -2.72. The van der Waals surface area contributed by atoms with Crippen LogP contribution in [-0.4, -0.2) is 52.3 Å². The van der Waals surface area contributed by atoms with Crippen molar-refractivity contribution in [3.63, 3.8) is 0 Å². The molecule has 0 radical (unpaired) electrons. The maximum absolute atomic E-state index is 12.4. The third-order valence-corrected chi connectivity index (χ3v) is 6.63. The van der Waals surface area contributed by atoms with E-state index in [1.165, 1.54) is 18.4 Å². The number of rotatable bonds is 8. The molecule has 1 amide bonds. The zero-order valence-electron chi connectivity index (χ0n) is 18.0. The first-order valence-electron chi connectivity index (χ1n) is 9.78. The molecule has 162 valence electrons. The van der Waals surface area contributed by atoms with Crippen LogP contribution in [-0.2, 0) is 27.1 Å². The molecule has 3 aromatic rings. The summed E-state index contributed by atoms with van der Waals surface area (Å²) in [6.07, 6.45) is 2.02. The van der Waals surface area contributed by atoms with E-state index < -0.39 is 10.0 Å². The second-order valence-electron chi connectivity index (χ2n) is 7.76. The van der Waals surface area contributed by atoms with Gasteiger partial charge in [-0.25, -0.2) is 12.7 Å². The molecule has 0 aliphatic carbocycles. The molecule has 0 aliphatic rings. The van der Waals surface area contributed by atoms with Gasteiger partial charge >= 0.3 is 0 Å². The largest absolute Gasteiger partial charge is 0.326 e. The lowest BCUT2D eigenvalue weighted by molar-refractivity contribution is -0.116. The molecule has 2 heterocycles. The van der Waals surface area contributed by atoms with Gasteiger partial charge in [-0.15, -0.1) is 0 Å².